The molecule has 2 aromatic rings. The number of carbonyl (C=O) groups excluding carboxylic acids is 1. The van der Waals surface area contributed by atoms with Crippen molar-refractivity contribution in [3.05, 3.63) is 63.1 Å². The number of carbonyl (C=O) groups is 1. The zero-order chi connectivity index (χ0) is 16.8. The Morgan fingerprint density at radius 2 is 2.22 bits per heavy atom. The Bertz CT molecular complexity index is 688. The van der Waals surface area contributed by atoms with E-state index in [2.05, 4.69) is 5.32 Å². The van der Waals surface area contributed by atoms with Gasteiger partial charge in [0.1, 0.15) is 5.76 Å². The molecule has 1 aromatic heterocycles. The van der Waals surface area contributed by atoms with Crippen molar-refractivity contribution >= 4 is 23.2 Å². The fraction of sp³-hybridized carbons (Fsp3) is 0.267. The van der Waals surface area contributed by atoms with Gasteiger partial charge in [-0.3, -0.25) is 19.8 Å². The maximum atomic E-state index is 11.9. The molecule has 0 spiro atoms. The van der Waals surface area contributed by atoms with E-state index in [0.717, 1.165) is 0 Å². The van der Waals surface area contributed by atoms with Crippen molar-refractivity contribution in [1.82, 2.24) is 10.2 Å². The number of nitro groups is 1. The van der Waals surface area contributed by atoms with Gasteiger partial charge in [-0.05, 0) is 30.8 Å². The van der Waals surface area contributed by atoms with Gasteiger partial charge in [0.05, 0.1) is 24.3 Å². The molecule has 0 bridgehead atoms. The minimum atomic E-state index is -0.476. The number of hydrogen-bond donors (Lipinski definition) is 1. The number of benzene rings is 1. The minimum Gasteiger partial charge on any atom is -0.467 e. The molecule has 1 heterocycles. The van der Waals surface area contributed by atoms with Gasteiger partial charge in [0.2, 0.25) is 5.91 Å². The van der Waals surface area contributed by atoms with Crippen molar-refractivity contribution in [2.24, 2.45) is 0 Å². The first-order valence-corrected chi connectivity index (χ1v) is 7.24. The number of halogens is 1. The number of rotatable bonds is 7. The summed E-state index contributed by atoms with van der Waals surface area (Å²) in [5, 5.41) is 14.0. The molecule has 7 nitrogen and oxygen atoms in total. The molecule has 0 fully saturated rings. The fourth-order valence-corrected chi connectivity index (χ4v) is 2.22. The van der Waals surface area contributed by atoms with Gasteiger partial charge in [-0.25, -0.2) is 0 Å². The zero-order valence-electron chi connectivity index (χ0n) is 12.5. The Balaban J connectivity index is 1.88. The second-order valence-corrected chi connectivity index (χ2v) is 5.47. The van der Waals surface area contributed by atoms with Crippen LogP contribution in [0.5, 0.6) is 0 Å². The lowest BCUT2D eigenvalue weighted by atomic mass is 10.2. The third-order valence-electron chi connectivity index (χ3n) is 3.13. The highest BCUT2D eigenvalue weighted by molar-refractivity contribution is 6.31. The number of likely N-dealkylation sites (N-methyl/N-ethyl adjacent to an activating group) is 1. The van der Waals surface area contributed by atoms with Crippen LogP contribution < -0.4 is 5.32 Å². The molecule has 0 saturated carbocycles. The number of furan rings is 1. The van der Waals surface area contributed by atoms with Crippen LogP contribution in [0.15, 0.2) is 41.0 Å². The lowest BCUT2D eigenvalue weighted by Crippen LogP contribution is -2.34. The van der Waals surface area contributed by atoms with Crippen molar-refractivity contribution in [2.45, 2.75) is 13.1 Å². The number of nitro benzene ring substituents is 1. The van der Waals surface area contributed by atoms with Gasteiger partial charge in [-0.2, -0.15) is 0 Å². The molecule has 8 heteroatoms. The zero-order valence-corrected chi connectivity index (χ0v) is 13.2. The van der Waals surface area contributed by atoms with E-state index in [9.17, 15) is 14.9 Å². The van der Waals surface area contributed by atoms with Crippen molar-refractivity contribution in [3.63, 3.8) is 0 Å². The Labute approximate surface area is 138 Å². The van der Waals surface area contributed by atoms with Crippen LogP contribution in [0.2, 0.25) is 5.02 Å². The number of non-ortho nitro benzene ring substituents is 1. The molecule has 0 saturated heterocycles. The molecule has 0 atom stereocenters. The van der Waals surface area contributed by atoms with Gasteiger partial charge in [0, 0.05) is 23.7 Å². The molecule has 1 aromatic carbocycles. The van der Waals surface area contributed by atoms with Crippen LogP contribution >= 0.6 is 11.6 Å². The second kappa shape index (κ2) is 7.75. The van der Waals surface area contributed by atoms with E-state index < -0.39 is 4.92 Å². The molecule has 2 rings (SSSR count). The van der Waals surface area contributed by atoms with Crippen LogP contribution in [0.3, 0.4) is 0 Å². The van der Waals surface area contributed by atoms with E-state index in [1.54, 1.807) is 24.1 Å². The average molecular weight is 338 g/mol. The normalized spacial score (nSPS) is 10.7. The van der Waals surface area contributed by atoms with Crippen LogP contribution in [-0.4, -0.2) is 29.3 Å². The molecule has 0 unspecified atom stereocenters. The molecule has 0 aliphatic rings. The summed E-state index contributed by atoms with van der Waals surface area (Å²) in [6.07, 6.45) is 1.54. The largest absolute Gasteiger partial charge is 0.467 e. The lowest BCUT2D eigenvalue weighted by molar-refractivity contribution is -0.384. The first-order valence-electron chi connectivity index (χ1n) is 6.86. The Hall–Kier alpha value is -2.38. The summed E-state index contributed by atoms with van der Waals surface area (Å²) in [5.74, 6) is 0.494. The Morgan fingerprint density at radius 1 is 1.43 bits per heavy atom. The number of nitrogens with one attached hydrogen (secondary N) is 1. The van der Waals surface area contributed by atoms with Crippen molar-refractivity contribution in [1.29, 1.82) is 0 Å². The standard InChI is InChI=1S/C15H16ClN3O4/c1-18(10-15(20)17-8-13-3-2-6-23-13)9-11-7-12(19(21)22)4-5-14(11)16/h2-7H,8-10H2,1H3,(H,17,20). The van der Waals surface area contributed by atoms with E-state index >= 15 is 0 Å². The average Bonchev–Trinajstić information content (AvgIpc) is 3.00. The maximum absolute atomic E-state index is 11.9. The number of nitrogens with zero attached hydrogens (tertiary/aromatic N) is 2. The van der Waals surface area contributed by atoms with Crippen LogP contribution in [0.25, 0.3) is 0 Å². The van der Waals surface area contributed by atoms with Gasteiger partial charge in [0.15, 0.2) is 0 Å². The molecule has 0 radical (unpaired) electrons. The van der Waals surface area contributed by atoms with Crippen molar-refractivity contribution in [2.75, 3.05) is 13.6 Å². The molecule has 122 valence electrons. The third kappa shape index (κ3) is 5.08. The van der Waals surface area contributed by atoms with Crippen molar-refractivity contribution in [3.8, 4) is 0 Å². The molecule has 23 heavy (non-hydrogen) atoms. The Kier molecular flexibility index (Phi) is 5.72. The molecular formula is C15H16ClN3O4. The van der Waals surface area contributed by atoms with Gasteiger partial charge in [-0.1, -0.05) is 11.6 Å². The summed E-state index contributed by atoms with van der Waals surface area (Å²) in [4.78, 5) is 23.9. The molecular weight excluding hydrogens is 322 g/mol. The van der Waals surface area contributed by atoms with Crippen LogP contribution in [0.1, 0.15) is 11.3 Å². The van der Waals surface area contributed by atoms with E-state index in [1.165, 1.54) is 24.5 Å². The van der Waals surface area contributed by atoms with E-state index in [-0.39, 0.29) is 18.1 Å². The van der Waals surface area contributed by atoms with Gasteiger partial charge in [0.25, 0.3) is 5.69 Å². The van der Waals surface area contributed by atoms with Crippen LogP contribution in [0.4, 0.5) is 5.69 Å². The molecule has 0 aliphatic carbocycles. The van der Waals surface area contributed by atoms with E-state index in [0.29, 0.717) is 29.4 Å². The lowest BCUT2D eigenvalue weighted by Gasteiger charge is -2.16. The fourth-order valence-electron chi connectivity index (χ4n) is 2.04. The summed E-state index contributed by atoms with van der Waals surface area (Å²) in [6.45, 7) is 0.783. The first-order chi connectivity index (χ1) is 11.0. The van der Waals surface area contributed by atoms with Gasteiger partial charge >= 0.3 is 0 Å². The molecule has 1 N–H and O–H groups in total. The quantitative estimate of drug-likeness (QED) is 0.619. The summed E-state index contributed by atoms with van der Waals surface area (Å²) >= 11 is 6.05. The maximum Gasteiger partial charge on any atom is 0.269 e. The highest BCUT2D eigenvalue weighted by atomic mass is 35.5. The minimum absolute atomic E-state index is 0.0277. The highest BCUT2D eigenvalue weighted by Crippen LogP contribution is 2.23. The predicted molar refractivity (Wildman–Crippen MR) is 85.0 cm³/mol. The monoisotopic (exact) mass is 337 g/mol. The Morgan fingerprint density at radius 3 is 2.87 bits per heavy atom. The number of amides is 1. The summed E-state index contributed by atoms with van der Waals surface area (Å²) < 4.78 is 5.13. The summed E-state index contributed by atoms with van der Waals surface area (Å²) in [7, 11) is 1.74. The van der Waals surface area contributed by atoms with Crippen LogP contribution in [0, 0.1) is 10.1 Å². The summed E-state index contributed by atoms with van der Waals surface area (Å²) in [5.41, 5.74) is 0.572. The topological polar surface area (TPSA) is 88.6 Å². The van der Waals surface area contributed by atoms with Crippen molar-refractivity contribution < 1.29 is 14.1 Å². The second-order valence-electron chi connectivity index (χ2n) is 5.06. The van der Waals surface area contributed by atoms with Crippen LogP contribution in [-0.2, 0) is 17.9 Å². The summed E-state index contributed by atoms with van der Waals surface area (Å²) in [6, 6.07) is 7.77. The first kappa shape index (κ1) is 17.0. The third-order valence-corrected chi connectivity index (χ3v) is 3.50. The van der Waals surface area contributed by atoms with Gasteiger partial charge < -0.3 is 9.73 Å². The van der Waals surface area contributed by atoms with Gasteiger partial charge in [-0.15, -0.1) is 0 Å². The molecule has 1 amide bonds. The molecule has 0 aliphatic heterocycles. The number of hydrogen-bond acceptors (Lipinski definition) is 5. The van der Waals surface area contributed by atoms with E-state index in [1.807, 2.05) is 0 Å². The highest BCUT2D eigenvalue weighted by Gasteiger charge is 2.13. The predicted octanol–water partition coefficient (Wildman–Crippen LogP) is 2.59. The smallest absolute Gasteiger partial charge is 0.269 e. The van der Waals surface area contributed by atoms with E-state index in [4.69, 9.17) is 16.0 Å². The SMILES string of the molecule is CN(CC(=O)NCc1ccco1)Cc1cc([N+](=O)[O-])ccc1Cl.